The van der Waals surface area contributed by atoms with Crippen LogP contribution < -0.4 is 5.73 Å². The van der Waals surface area contributed by atoms with Gasteiger partial charge in [-0.1, -0.05) is 13.0 Å². The van der Waals surface area contributed by atoms with E-state index in [2.05, 4.69) is 0 Å². The number of hydrogen-bond donors (Lipinski definition) is 1. The van der Waals surface area contributed by atoms with Crippen LogP contribution in [0.15, 0.2) is 18.2 Å². The highest BCUT2D eigenvalue weighted by Gasteiger charge is 2.06. The Bertz CT molecular complexity index is 271. The van der Waals surface area contributed by atoms with Gasteiger partial charge in [-0.2, -0.15) is 0 Å². The van der Waals surface area contributed by atoms with Crippen LogP contribution in [0.25, 0.3) is 0 Å². The SMILES string of the molecule is Cc1cc(F)ccc1[C@@H](C)CN. The van der Waals surface area contributed by atoms with Crippen LogP contribution in [0.2, 0.25) is 0 Å². The summed E-state index contributed by atoms with van der Waals surface area (Å²) in [5.74, 6) is 0.131. The van der Waals surface area contributed by atoms with E-state index in [9.17, 15) is 4.39 Å². The summed E-state index contributed by atoms with van der Waals surface area (Å²) in [6.07, 6.45) is 0. The van der Waals surface area contributed by atoms with Gasteiger partial charge in [0.25, 0.3) is 0 Å². The molecule has 0 aromatic heterocycles. The van der Waals surface area contributed by atoms with E-state index in [-0.39, 0.29) is 5.82 Å². The number of rotatable bonds is 2. The monoisotopic (exact) mass is 167 g/mol. The topological polar surface area (TPSA) is 26.0 Å². The second-order valence-corrected chi connectivity index (χ2v) is 3.14. The normalized spacial score (nSPS) is 13.0. The van der Waals surface area contributed by atoms with Gasteiger partial charge in [-0.3, -0.25) is 0 Å². The average Bonchev–Trinajstić information content (AvgIpc) is 2.03. The summed E-state index contributed by atoms with van der Waals surface area (Å²) in [7, 11) is 0. The average molecular weight is 167 g/mol. The van der Waals surface area contributed by atoms with Crippen LogP contribution in [0, 0.1) is 12.7 Å². The number of nitrogens with two attached hydrogens (primary N) is 1. The van der Waals surface area contributed by atoms with Gasteiger partial charge in [-0.05, 0) is 42.6 Å². The van der Waals surface area contributed by atoms with Gasteiger partial charge in [-0.25, -0.2) is 4.39 Å². The summed E-state index contributed by atoms with van der Waals surface area (Å²) >= 11 is 0. The second kappa shape index (κ2) is 3.68. The predicted molar refractivity (Wildman–Crippen MR) is 48.6 cm³/mol. The van der Waals surface area contributed by atoms with Crippen molar-refractivity contribution in [3.8, 4) is 0 Å². The third-order valence-corrected chi connectivity index (χ3v) is 2.12. The molecule has 0 aliphatic heterocycles. The van der Waals surface area contributed by atoms with Crippen LogP contribution in [0.1, 0.15) is 24.0 Å². The van der Waals surface area contributed by atoms with E-state index < -0.39 is 0 Å². The number of benzene rings is 1. The Labute approximate surface area is 72.4 Å². The molecule has 12 heavy (non-hydrogen) atoms. The number of hydrogen-bond acceptors (Lipinski definition) is 1. The van der Waals surface area contributed by atoms with Crippen LogP contribution in [0.3, 0.4) is 0 Å². The molecule has 2 heteroatoms. The standard InChI is InChI=1S/C10H14FN/c1-7-5-9(11)3-4-10(7)8(2)6-12/h3-5,8H,6,12H2,1-2H3/t8-/m0/s1. The summed E-state index contributed by atoms with van der Waals surface area (Å²) in [6.45, 7) is 4.55. The van der Waals surface area contributed by atoms with E-state index >= 15 is 0 Å². The van der Waals surface area contributed by atoms with Gasteiger partial charge in [0.1, 0.15) is 5.82 Å². The molecule has 1 rings (SSSR count). The fraction of sp³-hybridized carbons (Fsp3) is 0.400. The Morgan fingerprint density at radius 1 is 1.50 bits per heavy atom. The zero-order valence-corrected chi connectivity index (χ0v) is 7.47. The molecule has 0 saturated carbocycles. The molecule has 0 bridgehead atoms. The lowest BCUT2D eigenvalue weighted by Gasteiger charge is -2.11. The van der Waals surface area contributed by atoms with Gasteiger partial charge in [0, 0.05) is 0 Å². The van der Waals surface area contributed by atoms with E-state index in [0.717, 1.165) is 11.1 Å². The predicted octanol–water partition coefficient (Wildman–Crippen LogP) is 2.20. The van der Waals surface area contributed by atoms with Gasteiger partial charge < -0.3 is 5.73 Å². The highest BCUT2D eigenvalue weighted by atomic mass is 19.1. The molecule has 0 saturated heterocycles. The third kappa shape index (κ3) is 1.83. The highest BCUT2D eigenvalue weighted by molar-refractivity contribution is 5.29. The van der Waals surface area contributed by atoms with Crippen LogP contribution in [0.4, 0.5) is 4.39 Å². The van der Waals surface area contributed by atoms with Crippen LogP contribution in [-0.4, -0.2) is 6.54 Å². The van der Waals surface area contributed by atoms with Crippen LogP contribution >= 0.6 is 0 Å². The van der Waals surface area contributed by atoms with Crippen LogP contribution in [-0.2, 0) is 0 Å². The largest absolute Gasteiger partial charge is 0.330 e. The Kier molecular flexibility index (Phi) is 2.82. The molecular weight excluding hydrogens is 153 g/mol. The van der Waals surface area contributed by atoms with Gasteiger partial charge in [-0.15, -0.1) is 0 Å². The lowest BCUT2D eigenvalue weighted by molar-refractivity contribution is 0.624. The molecule has 66 valence electrons. The van der Waals surface area contributed by atoms with E-state index in [1.54, 1.807) is 6.07 Å². The zero-order chi connectivity index (χ0) is 9.14. The molecule has 0 radical (unpaired) electrons. The molecule has 1 nitrogen and oxygen atoms in total. The molecule has 0 aliphatic rings. The first-order valence-electron chi connectivity index (χ1n) is 4.11. The second-order valence-electron chi connectivity index (χ2n) is 3.14. The van der Waals surface area contributed by atoms with Crippen molar-refractivity contribution in [1.29, 1.82) is 0 Å². The molecule has 0 heterocycles. The summed E-state index contributed by atoms with van der Waals surface area (Å²) in [5, 5.41) is 0. The van der Waals surface area contributed by atoms with E-state index in [1.807, 2.05) is 19.9 Å². The minimum Gasteiger partial charge on any atom is -0.330 e. The molecule has 1 aromatic carbocycles. The zero-order valence-electron chi connectivity index (χ0n) is 7.47. The summed E-state index contributed by atoms with van der Waals surface area (Å²) < 4.78 is 12.7. The van der Waals surface area contributed by atoms with E-state index in [1.165, 1.54) is 6.07 Å². The molecule has 0 amide bonds. The molecule has 0 fully saturated rings. The summed E-state index contributed by atoms with van der Waals surface area (Å²) in [4.78, 5) is 0. The fourth-order valence-corrected chi connectivity index (χ4v) is 1.32. The summed E-state index contributed by atoms with van der Waals surface area (Å²) in [6, 6.07) is 4.83. The molecule has 0 spiro atoms. The van der Waals surface area contributed by atoms with Crippen molar-refractivity contribution in [2.24, 2.45) is 5.73 Å². The van der Waals surface area contributed by atoms with Crippen molar-refractivity contribution in [1.82, 2.24) is 0 Å². The van der Waals surface area contributed by atoms with Crippen LogP contribution in [0.5, 0.6) is 0 Å². The molecule has 1 aromatic rings. The maximum atomic E-state index is 12.7. The Hall–Kier alpha value is -0.890. The van der Waals surface area contributed by atoms with E-state index in [4.69, 9.17) is 5.73 Å². The first-order valence-corrected chi connectivity index (χ1v) is 4.11. The van der Waals surface area contributed by atoms with Crippen molar-refractivity contribution >= 4 is 0 Å². The minimum absolute atomic E-state index is 0.180. The molecular formula is C10H14FN. The van der Waals surface area contributed by atoms with Gasteiger partial charge in [0.15, 0.2) is 0 Å². The number of halogens is 1. The van der Waals surface area contributed by atoms with Crippen molar-refractivity contribution in [3.63, 3.8) is 0 Å². The van der Waals surface area contributed by atoms with Gasteiger partial charge >= 0.3 is 0 Å². The van der Waals surface area contributed by atoms with Crippen molar-refractivity contribution < 1.29 is 4.39 Å². The molecule has 1 atom stereocenters. The fourth-order valence-electron chi connectivity index (χ4n) is 1.32. The lowest BCUT2D eigenvalue weighted by Crippen LogP contribution is -2.10. The highest BCUT2D eigenvalue weighted by Crippen LogP contribution is 2.18. The Balaban J connectivity index is 3.01. The third-order valence-electron chi connectivity index (χ3n) is 2.12. The maximum Gasteiger partial charge on any atom is 0.123 e. The lowest BCUT2D eigenvalue weighted by atomic mass is 9.97. The molecule has 0 aliphatic carbocycles. The van der Waals surface area contributed by atoms with Gasteiger partial charge in [0.2, 0.25) is 0 Å². The van der Waals surface area contributed by atoms with Gasteiger partial charge in [0.05, 0.1) is 0 Å². The quantitative estimate of drug-likeness (QED) is 0.718. The minimum atomic E-state index is -0.180. The molecule has 2 N–H and O–H groups in total. The molecule has 0 unspecified atom stereocenters. The number of aryl methyl sites for hydroxylation is 1. The van der Waals surface area contributed by atoms with Crippen molar-refractivity contribution in [3.05, 3.63) is 35.1 Å². The van der Waals surface area contributed by atoms with Crippen molar-refractivity contribution in [2.45, 2.75) is 19.8 Å². The van der Waals surface area contributed by atoms with E-state index in [0.29, 0.717) is 12.5 Å². The smallest absolute Gasteiger partial charge is 0.123 e. The first kappa shape index (κ1) is 9.20. The first-order chi connectivity index (χ1) is 5.65. The maximum absolute atomic E-state index is 12.7. The Morgan fingerprint density at radius 2 is 2.17 bits per heavy atom. The summed E-state index contributed by atoms with van der Waals surface area (Å²) in [5.41, 5.74) is 7.63. The van der Waals surface area contributed by atoms with Crippen molar-refractivity contribution in [2.75, 3.05) is 6.54 Å². The Morgan fingerprint density at radius 3 is 2.67 bits per heavy atom.